The van der Waals surface area contributed by atoms with Crippen molar-refractivity contribution in [1.82, 2.24) is 4.98 Å². The lowest BCUT2D eigenvalue weighted by Crippen LogP contribution is -2.37. The first-order valence-electron chi connectivity index (χ1n) is 7.75. The summed E-state index contributed by atoms with van der Waals surface area (Å²) in [5.74, 6) is -1.04. The molecule has 0 aliphatic carbocycles. The fourth-order valence-corrected chi connectivity index (χ4v) is 3.54. The quantitative estimate of drug-likeness (QED) is 0.456. The molecule has 3 aromatic rings. The van der Waals surface area contributed by atoms with E-state index in [0.717, 1.165) is 24.4 Å². The third-order valence-electron chi connectivity index (χ3n) is 3.56. The van der Waals surface area contributed by atoms with Crippen LogP contribution in [0.2, 0.25) is 0 Å². The average molecular weight is 412 g/mol. The van der Waals surface area contributed by atoms with Crippen molar-refractivity contribution in [3.05, 3.63) is 78.7 Å². The van der Waals surface area contributed by atoms with E-state index in [-0.39, 0.29) is 4.47 Å². The molecule has 0 bridgehead atoms. The van der Waals surface area contributed by atoms with Gasteiger partial charge in [0.05, 0.1) is 4.90 Å². The average Bonchev–Trinajstić information content (AvgIpc) is 2.67. The molecule has 0 saturated carbocycles. The molecule has 3 rings (SSSR count). The Labute approximate surface area is 157 Å². The molecule has 0 radical (unpaired) electrons. The normalized spacial score (nSPS) is 12.0. The fourth-order valence-electron chi connectivity index (χ4n) is 2.31. The summed E-state index contributed by atoms with van der Waals surface area (Å²) in [6.45, 7) is 0. The SMILES string of the molecule is O=S(=O)(c1ccccc1)N(OC(F)(F)F)c1ccc(-c2ccc(F)cc2)cn1. The Balaban J connectivity index is 2.00. The molecule has 1 aromatic heterocycles. The number of aromatic nitrogens is 1. The summed E-state index contributed by atoms with van der Waals surface area (Å²) >= 11 is 0. The van der Waals surface area contributed by atoms with Crippen LogP contribution >= 0.6 is 0 Å². The molecule has 28 heavy (non-hydrogen) atoms. The van der Waals surface area contributed by atoms with Gasteiger partial charge in [0.2, 0.25) is 0 Å². The third kappa shape index (κ3) is 4.46. The molecule has 10 heteroatoms. The summed E-state index contributed by atoms with van der Waals surface area (Å²) < 4.78 is 76.5. The van der Waals surface area contributed by atoms with Crippen molar-refractivity contribution in [2.24, 2.45) is 0 Å². The van der Waals surface area contributed by atoms with Crippen LogP contribution in [0.5, 0.6) is 0 Å². The van der Waals surface area contributed by atoms with Crippen LogP contribution in [0.25, 0.3) is 11.1 Å². The van der Waals surface area contributed by atoms with Crippen LogP contribution in [0.3, 0.4) is 0 Å². The highest BCUT2D eigenvalue weighted by atomic mass is 32.2. The highest BCUT2D eigenvalue weighted by molar-refractivity contribution is 7.92. The number of halogens is 4. The number of anilines is 1. The smallest absolute Gasteiger partial charge is 0.235 e. The molecular weight excluding hydrogens is 400 g/mol. The zero-order valence-electron chi connectivity index (χ0n) is 14.0. The van der Waals surface area contributed by atoms with Crippen LogP contribution in [0, 0.1) is 5.82 Å². The second-order valence-electron chi connectivity index (χ2n) is 5.49. The van der Waals surface area contributed by atoms with E-state index in [1.807, 2.05) is 0 Å². The van der Waals surface area contributed by atoms with Crippen LogP contribution in [0.4, 0.5) is 23.4 Å². The van der Waals surface area contributed by atoms with Crippen LogP contribution < -0.4 is 4.47 Å². The van der Waals surface area contributed by atoms with E-state index < -0.39 is 32.9 Å². The predicted molar refractivity (Wildman–Crippen MR) is 92.9 cm³/mol. The van der Waals surface area contributed by atoms with Gasteiger partial charge in [-0.25, -0.2) is 9.37 Å². The first kappa shape index (κ1) is 19.8. The Morgan fingerprint density at radius 1 is 0.857 bits per heavy atom. The Morgan fingerprint density at radius 3 is 2.00 bits per heavy atom. The molecular formula is C18H12F4N2O3S. The summed E-state index contributed by atoms with van der Waals surface area (Å²) in [6, 6.07) is 14.3. The molecule has 0 fully saturated rings. The molecule has 0 atom stereocenters. The van der Waals surface area contributed by atoms with Crippen molar-refractivity contribution < 1.29 is 30.8 Å². The highest BCUT2D eigenvalue weighted by Gasteiger charge is 2.40. The number of rotatable bonds is 5. The van der Waals surface area contributed by atoms with Gasteiger partial charge < -0.3 is 0 Å². The molecule has 5 nitrogen and oxygen atoms in total. The predicted octanol–water partition coefficient (Wildman–Crippen LogP) is 4.53. The molecule has 0 aliphatic heterocycles. The molecule has 2 aromatic carbocycles. The number of sulfonamides is 1. The molecule has 0 aliphatic rings. The Hall–Kier alpha value is -2.98. The second-order valence-corrected chi connectivity index (χ2v) is 7.25. The summed E-state index contributed by atoms with van der Waals surface area (Å²) in [5, 5.41) is 0. The van der Waals surface area contributed by atoms with Gasteiger partial charge in [-0.3, -0.25) is 0 Å². The van der Waals surface area contributed by atoms with Crippen molar-refractivity contribution in [3.8, 4) is 11.1 Å². The summed E-state index contributed by atoms with van der Waals surface area (Å²) in [6.07, 6.45) is -4.10. The van der Waals surface area contributed by atoms with Gasteiger partial charge in [-0.2, -0.15) is 13.3 Å². The third-order valence-corrected chi connectivity index (χ3v) is 5.12. The molecule has 0 unspecified atom stereocenters. The monoisotopic (exact) mass is 412 g/mol. The van der Waals surface area contributed by atoms with Crippen molar-refractivity contribution in [2.75, 3.05) is 4.47 Å². The van der Waals surface area contributed by atoms with Gasteiger partial charge >= 0.3 is 6.36 Å². The van der Waals surface area contributed by atoms with E-state index in [1.54, 1.807) is 0 Å². The van der Waals surface area contributed by atoms with E-state index in [4.69, 9.17) is 0 Å². The van der Waals surface area contributed by atoms with E-state index in [2.05, 4.69) is 9.82 Å². The van der Waals surface area contributed by atoms with Gasteiger partial charge in [-0.1, -0.05) is 30.3 Å². The lowest BCUT2D eigenvalue weighted by molar-refractivity contribution is -0.322. The Kier molecular flexibility index (Phi) is 5.34. The van der Waals surface area contributed by atoms with Crippen molar-refractivity contribution in [2.45, 2.75) is 11.3 Å². The van der Waals surface area contributed by atoms with Crippen molar-refractivity contribution in [3.63, 3.8) is 0 Å². The van der Waals surface area contributed by atoms with E-state index in [1.165, 1.54) is 48.5 Å². The molecule has 0 amide bonds. The van der Waals surface area contributed by atoms with E-state index in [9.17, 15) is 26.0 Å². The Morgan fingerprint density at radius 2 is 1.46 bits per heavy atom. The maximum Gasteiger partial charge on any atom is 0.545 e. The topological polar surface area (TPSA) is 59.5 Å². The minimum absolute atomic E-state index is 0.281. The van der Waals surface area contributed by atoms with E-state index in [0.29, 0.717) is 11.1 Å². The maximum absolute atomic E-state index is 13.0. The first-order chi connectivity index (χ1) is 13.2. The van der Waals surface area contributed by atoms with Crippen molar-refractivity contribution >= 4 is 15.8 Å². The van der Waals surface area contributed by atoms with Gasteiger partial charge in [0.15, 0.2) is 5.82 Å². The van der Waals surface area contributed by atoms with E-state index >= 15 is 0 Å². The van der Waals surface area contributed by atoms with Crippen LogP contribution in [0.15, 0.2) is 77.8 Å². The molecule has 1 heterocycles. The summed E-state index contributed by atoms with van der Waals surface area (Å²) in [5.41, 5.74) is 1.00. The second kappa shape index (κ2) is 7.56. The van der Waals surface area contributed by atoms with Gasteiger partial charge in [-0.05, 0) is 42.0 Å². The number of alkyl halides is 3. The number of nitrogens with zero attached hydrogens (tertiary/aromatic N) is 2. The zero-order valence-corrected chi connectivity index (χ0v) is 14.8. The Bertz CT molecular complexity index is 1040. The summed E-state index contributed by atoms with van der Waals surface area (Å²) in [4.78, 5) is 7.12. The van der Waals surface area contributed by atoms with Gasteiger partial charge in [-0.15, -0.1) is 17.6 Å². The van der Waals surface area contributed by atoms with Crippen molar-refractivity contribution in [1.29, 1.82) is 0 Å². The lowest BCUT2D eigenvalue weighted by atomic mass is 10.1. The number of benzene rings is 2. The van der Waals surface area contributed by atoms with Gasteiger partial charge in [0, 0.05) is 11.8 Å². The maximum atomic E-state index is 13.0. The van der Waals surface area contributed by atoms with Crippen LogP contribution in [0.1, 0.15) is 0 Å². The number of pyridine rings is 1. The number of hydrogen-bond donors (Lipinski definition) is 0. The van der Waals surface area contributed by atoms with Crippen LogP contribution in [-0.4, -0.2) is 19.8 Å². The fraction of sp³-hybridized carbons (Fsp3) is 0.0556. The molecule has 0 saturated heterocycles. The first-order valence-corrected chi connectivity index (χ1v) is 9.19. The molecule has 0 spiro atoms. The largest absolute Gasteiger partial charge is 0.545 e. The molecule has 146 valence electrons. The molecule has 0 N–H and O–H groups in total. The van der Waals surface area contributed by atoms with Gasteiger partial charge in [0.25, 0.3) is 10.0 Å². The minimum Gasteiger partial charge on any atom is -0.235 e. The standard InChI is InChI=1S/C18H12F4N2O3S/c19-15-9-6-13(7-10-15)14-8-11-17(23-12-14)24(27-18(20,21)22)28(25,26)16-4-2-1-3-5-16/h1-12H. The minimum atomic E-state index is -5.26. The van der Waals surface area contributed by atoms with Crippen LogP contribution in [-0.2, 0) is 14.9 Å². The van der Waals surface area contributed by atoms with Gasteiger partial charge in [0.1, 0.15) is 5.82 Å². The lowest BCUT2D eigenvalue weighted by Gasteiger charge is -2.23. The highest BCUT2D eigenvalue weighted by Crippen LogP contribution is 2.29. The zero-order chi connectivity index (χ0) is 20.4. The summed E-state index contributed by atoms with van der Waals surface area (Å²) in [7, 11) is -4.69. The number of hydrogen-bond acceptors (Lipinski definition) is 4.